The Morgan fingerprint density at radius 3 is 2.68 bits per heavy atom. The number of nitro benzene ring substituents is 1. The molecule has 0 amide bonds. The molecule has 2 rings (SSSR count). The first-order valence-corrected chi connectivity index (χ1v) is 6.32. The Morgan fingerprint density at radius 1 is 1.42 bits per heavy atom. The number of hydrogen-bond acceptors (Lipinski definition) is 5. The molecule has 6 nitrogen and oxygen atoms in total. The zero-order valence-corrected chi connectivity index (χ0v) is 11.3. The Morgan fingerprint density at radius 2 is 2.11 bits per heavy atom. The number of morpholine rings is 1. The highest BCUT2D eigenvalue weighted by molar-refractivity contribution is 5.51. The van der Waals surface area contributed by atoms with E-state index in [1.54, 1.807) is 24.3 Å². The van der Waals surface area contributed by atoms with Crippen LogP contribution in [0.25, 0.3) is 0 Å². The first-order chi connectivity index (χ1) is 9.06. The number of nitro groups is 1. The van der Waals surface area contributed by atoms with E-state index in [2.05, 4.69) is 9.80 Å². The minimum Gasteiger partial charge on any atom is -0.373 e. The predicted molar refractivity (Wildman–Crippen MR) is 73.6 cm³/mol. The lowest BCUT2D eigenvalue weighted by molar-refractivity contribution is -0.384. The van der Waals surface area contributed by atoms with Gasteiger partial charge < -0.3 is 14.5 Å². The van der Waals surface area contributed by atoms with E-state index in [9.17, 15) is 10.1 Å². The van der Waals surface area contributed by atoms with Crippen molar-refractivity contribution < 1.29 is 9.66 Å². The van der Waals surface area contributed by atoms with Gasteiger partial charge in [0.15, 0.2) is 0 Å². The fraction of sp³-hybridized carbons (Fsp3) is 0.538. The number of non-ortho nitro benzene ring substituents is 1. The van der Waals surface area contributed by atoms with E-state index in [0.717, 1.165) is 25.3 Å². The number of ether oxygens (including phenoxy) is 1. The molecule has 0 saturated carbocycles. The van der Waals surface area contributed by atoms with E-state index < -0.39 is 0 Å². The number of likely N-dealkylation sites (N-methyl/N-ethyl adjacent to an activating group) is 1. The second kappa shape index (κ2) is 5.99. The molecular formula is C13H19N3O3. The summed E-state index contributed by atoms with van der Waals surface area (Å²) in [5.74, 6) is 0. The highest BCUT2D eigenvalue weighted by Gasteiger charge is 2.21. The van der Waals surface area contributed by atoms with Crippen LogP contribution in [-0.2, 0) is 4.74 Å². The number of hydrogen-bond donors (Lipinski definition) is 0. The van der Waals surface area contributed by atoms with Crippen molar-refractivity contribution in [3.05, 3.63) is 34.4 Å². The van der Waals surface area contributed by atoms with E-state index in [1.807, 2.05) is 14.1 Å². The Bertz CT molecular complexity index is 433. The Labute approximate surface area is 112 Å². The topological polar surface area (TPSA) is 58.9 Å². The molecule has 0 N–H and O–H groups in total. The molecule has 104 valence electrons. The van der Waals surface area contributed by atoms with Crippen molar-refractivity contribution in [1.29, 1.82) is 0 Å². The standard InChI is InChI=1S/C13H19N3O3/c1-14(2)9-13-10-15(7-8-19-13)11-3-5-12(6-4-11)16(17)18/h3-6,13H,7-10H2,1-2H3. The van der Waals surface area contributed by atoms with Crippen LogP contribution < -0.4 is 4.90 Å². The van der Waals surface area contributed by atoms with Gasteiger partial charge in [-0.25, -0.2) is 0 Å². The molecular weight excluding hydrogens is 246 g/mol. The van der Waals surface area contributed by atoms with Gasteiger partial charge in [-0.05, 0) is 26.2 Å². The third-order valence-corrected chi connectivity index (χ3v) is 3.13. The normalized spacial score (nSPS) is 19.7. The first kappa shape index (κ1) is 13.8. The number of nitrogens with zero attached hydrogens (tertiary/aromatic N) is 3. The van der Waals surface area contributed by atoms with Crippen LogP contribution in [0.15, 0.2) is 24.3 Å². The van der Waals surface area contributed by atoms with Gasteiger partial charge in [-0.2, -0.15) is 0 Å². The lowest BCUT2D eigenvalue weighted by atomic mass is 10.2. The molecule has 1 unspecified atom stereocenters. The van der Waals surface area contributed by atoms with Crippen molar-refractivity contribution in [3.8, 4) is 0 Å². The summed E-state index contributed by atoms with van der Waals surface area (Å²) >= 11 is 0. The van der Waals surface area contributed by atoms with E-state index in [-0.39, 0.29) is 16.7 Å². The van der Waals surface area contributed by atoms with Gasteiger partial charge in [-0.1, -0.05) is 0 Å². The van der Waals surface area contributed by atoms with Crippen LogP contribution in [0, 0.1) is 10.1 Å². The SMILES string of the molecule is CN(C)CC1CN(c2ccc([N+](=O)[O-])cc2)CCO1. The van der Waals surface area contributed by atoms with E-state index in [1.165, 1.54) is 0 Å². The van der Waals surface area contributed by atoms with Crippen molar-refractivity contribution in [3.63, 3.8) is 0 Å². The molecule has 1 aliphatic heterocycles. The molecule has 1 aromatic rings. The average Bonchev–Trinajstić information content (AvgIpc) is 2.38. The van der Waals surface area contributed by atoms with Crippen molar-refractivity contribution in [1.82, 2.24) is 4.90 Å². The molecule has 1 atom stereocenters. The zero-order valence-electron chi connectivity index (χ0n) is 11.3. The minimum absolute atomic E-state index is 0.127. The Kier molecular flexibility index (Phi) is 4.34. The van der Waals surface area contributed by atoms with Crippen LogP contribution in [0.2, 0.25) is 0 Å². The van der Waals surface area contributed by atoms with E-state index >= 15 is 0 Å². The average molecular weight is 265 g/mol. The summed E-state index contributed by atoms with van der Waals surface area (Å²) in [7, 11) is 4.04. The minimum atomic E-state index is -0.377. The summed E-state index contributed by atoms with van der Waals surface area (Å²) in [5.41, 5.74) is 1.14. The maximum absolute atomic E-state index is 10.6. The maximum atomic E-state index is 10.6. The summed E-state index contributed by atoms with van der Waals surface area (Å²) < 4.78 is 5.71. The number of rotatable bonds is 4. The Balaban J connectivity index is 2.02. The summed E-state index contributed by atoms with van der Waals surface area (Å²) in [5, 5.41) is 10.6. The monoisotopic (exact) mass is 265 g/mol. The predicted octanol–water partition coefficient (Wildman–Crippen LogP) is 1.36. The van der Waals surface area contributed by atoms with Crippen LogP contribution in [-0.4, -0.2) is 56.3 Å². The van der Waals surface area contributed by atoms with Gasteiger partial charge in [-0.15, -0.1) is 0 Å². The fourth-order valence-corrected chi connectivity index (χ4v) is 2.26. The summed E-state index contributed by atoms with van der Waals surface area (Å²) in [6, 6.07) is 6.70. The van der Waals surface area contributed by atoms with Gasteiger partial charge in [-0.3, -0.25) is 10.1 Å². The van der Waals surface area contributed by atoms with Gasteiger partial charge in [0.2, 0.25) is 0 Å². The molecule has 1 fully saturated rings. The van der Waals surface area contributed by atoms with Crippen LogP contribution in [0.3, 0.4) is 0 Å². The molecule has 1 saturated heterocycles. The highest BCUT2D eigenvalue weighted by Crippen LogP contribution is 2.21. The van der Waals surface area contributed by atoms with Gasteiger partial charge in [0.05, 0.1) is 17.6 Å². The molecule has 0 aromatic heterocycles. The molecule has 19 heavy (non-hydrogen) atoms. The molecule has 0 radical (unpaired) electrons. The summed E-state index contributed by atoms with van der Waals surface area (Å²) in [4.78, 5) is 14.6. The molecule has 0 spiro atoms. The van der Waals surface area contributed by atoms with Gasteiger partial charge in [0.25, 0.3) is 5.69 Å². The van der Waals surface area contributed by atoms with Crippen LogP contribution in [0.4, 0.5) is 11.4 Å². The molecule has 1 heterocycles. The van der Waals surface area contributed by atoms with Crippen LogP contribution in [0.1, 0.15) is 0 Å². The zero-order chi connectivity index (χ0) is 13.8. The summed E-state index contributed by atoms with van der Waals surface area (Å²) in [6.07, 6.45) is 0.180. The largest absolute Gasteiger partial charge is 0.373 e. The molecule has 0 aliphatic carbocycles. The fourth-order valence-electron chi connectivity index (χ4n) is 2.26. The summed E-state index contributed by atoms with van der Waals surface area (Å²) in [6.45, 7) is 3.21. The lowest BCUT2D eigenvalue weighted by Gasteiger charge is -2.35. The number of benzene rings is 1. The maximum Gasteiger partial charge on any atom is 0.269 e. The highest BCUT2D eigenvalue weighted by atomic mass is 16.6. The van der Waals surface area contributed by atoms with Crippen molar-refractivity contribution >= 4 is 11.4 Å². The van der Waals surface area contributed by atoms with Gasteiger partial charge in [0, 0.05) is 37.5 Å². The van der Waals surface area contributed by atoms with E-state index in [0.29, 0.717) is 6.61 Å². The van der Waals surface area contributed by atoms with Gasteiger partial charge >= 0.3 is 0 Å². The first-order valence-electron chi connectivity index (χ1n) is 6.32. The molecule has 1 aliphatic rings. The molecule has 6 heteroatoms. The third-order valence-electron chi connectivity index (χ3n) is 3.13. The Hall–Kier alpha value is -1.66. The quantitative estimate of drug-likeness (QED) is 0.607. The van der Waals surface area contributed by atoms with E-state index in [4.69, 9.17) is 4.74 Å². The molecule has 0 bridgehead atoms. The lowest BCUT2D eigenvalue weighted by Crippen LogP contribution is -2.46. The second-order valence-electron chi connectivity index (χ2n) is 4.97. The second-order valence-corrected chi connectivity index (χ2v) is 4.97. The molecule has 1 aromatic carbocycles. The van der Waals surface area contributed by atoms with Crippen LogP contribution in [0.5, 0.6) is 0 Å². The van der Waals surface area contributed by atoms with Crippen molar-refractivity contribution in [2.75, 3.05) is 45.2 Å². The van der Waals surface area contributed by atoms with Crippen LogP contribution >= 0.6 is 0 Å². The third kappa shape index (κ3) is 3.65. The van der Waals surface area contributed by atoms with Gasteiger partial charge in [0.1, 0.15) is 0 Å². The van der Waals surface area contributed by atoms with Crippen molar-refractivity contribution in [2.24, 2.45) is 0 Å². The smallest absolute Gasteiger partial charge is 0.269 e. The van der Waals surface area contributed by atoms with Crippen molar-refractivity contribution in [2.45, 2.75) is 6.10 Å². The number of anilines is 1.